The maximum Gasteiger partial charge on any atom is 0.120 e. The predicted molar refractivity (Wildman–Crippen MR) is 78.3 cm³/mol. The summed E-state index contributed by atoms with van der Waals surface area (Å²) >= 11 is 0. The molecule has 0 spiro atoms. The minimum Gasteiger partial charge on any atom is -0.489 e. The van der Waals surface area contributed by atoms with E-state index in [0.717, 1.165) is 18.7 Å². The lowest BCUT2D eigenvalue weighted by Crippen LogP contribution is -2.34. The summed E-state index contributed by atoms with van der Waals surface area (Å²) < 4.78 is 5.92. The van der Waals surface area contributed by atoms with Crippen molar-refractivity contribution in [3.8, 4) is 5.75 Å². The first-order valence-electron chi connectivity index (χ1n) is 7.14. The Labute approximate surface area is 112 Å². The van der Waals surface area contributed by atoms with Crippen molar-refractivity contribution in [3.63, 3.8) is 0 Å². The number of rotatable bonds is 8. The van der Waals surface area contributed by atoms with E-state index in [1.165, 1.54) is 18.4 Å². The minimum atomic E-state index is 0.205. The van der Waals surface area contributed by atoms with Crippen molar-refractivity contribution < 1.29 is 4.74 Å². The third-order valence-electron chi connectivity index (χ3n) is 3.12. The predicted octanol–water partition coefficient (Wildman–Crippen LogP) is 3.79. The van der Waals surface area contributed by atoms with Gasteiger partial charge in [-0.05, 0) is 44.4 Å². The zero-order valence-corrected chi connectivity index (χ0v) is 12.2. The van der Waals surface area contributed by atoms with Gasteiger partial charge in [-0.3, -0.25) is 0 Å². The Morgan fingerprint density at radius 3 is 2.67 bits per heavy atom. The minimum absolute atomic E-state index is 0.205. The first kappa shape index (κ1) is 15.0. The van der Waals surface area contributed by atoms with Crippen LogP contribution in [0.15, 0.2) is 24.3 Å². The molecule has 102 valence electrons. The number of hydrogen-bond acceptors (Lipinski definition) is 2. The lowest BCUT2D eigenvalue weighted by molar-refractivity contribution is 0.211. The lowest BCUT2D eigenvalue weighted by Gasteiger charge is -2.19. The molecular weight excluding hydrogens is 222 g/mol. The van der Waals surface area contributed by atoms with Gasteiger partial charge in [0.05, 0.1) is 0 Å². The van der Waals surface area contributed by atoms with Crippen molar-refractivity contribution in [2.75, 3.05) is 6.54 Å². The van der Waals surface area contributed by atoms with Crippen LogP contribution in [-0.2, 0) is 6.42 Å². The molecule has 0 aromatic heterocycles. The lowest BCUT2D eigenvalue weighted by atomic mass is 10.1. The second-order valence-corrected chi connectivity index (χ2v) is 5.03. The molecule has 18 heavy (non-hydrogen) atoms. The van der Waals surface area contributed by atoms with Crippen LogP contribution in [0.3, 0.4) is 0 Å². The molecule has 1 aromatic rings. The van der Waals surface area contributed by atoms with Gasteiger partial charge in [-0.15, -0.1) is 0 Å². The highest BCUT2D eigenvalue weighted by Crippen LogP contribution is 2.15. The van der Waals surface area contributed by atoms with Crippen molar-refractivity contribution in [2.45, 2.75) is 59.1 Å². The summed E-state index contributed by atoms with van der Waals surface area (Å²) in [5, 5.41) is 3.51. The third kappa shape index (κ3) is 5.54. The van der Waals surface area contributed by atoms with Crippen LogP contribution in [-0.4, -0.2) is 18.7 Å². The third-order valence-corrected chi connectivity index (χ3v) is 3.12. The van der Waals surface area contributed by atoms with Crippen molar-refractivity contribution in [2.24, 2.45) is 0 Å². The molecule has 1 aromatic carbocycles. The molecule has 0 saturated heterocycles. The molecule has 0 aliphatic rings. The molecule has 1 rings (SSSR count). The van der Waals surface area contributed by atoms with Gasteiger partial charge in [-0.1, -0.05) is 32.4 Å². The number of benzene rings is 1. The van der Waals surface area contributed by atoms with Crippen molar-refractivity contribution in [1.82, 2.24) is 5.32 Å². The van der Waals surface area contributed by atoms with Crippen LogP contribution in [0.25, 0.3) is 0 Å². The van der Waals surface area contributed by atoms with E-state index in [4.69, 9.17) is 4.74 Å². The van der Waals surface area contributed by atoms with Gasteiger partial charge in [-0.25, -0.2) is 0 Å². The van der Waals surface area contributed by atoms with Crippen LogP contribution in [0.5, 0.6) is 5.75 Å². The SMILES string of the molecule is CCCC(C)NCC(C)Oc1cccc(CC)c1. The maximum absolute atomic E-state index is 5.92. The summed E-state index contributed by atoms with van der Waals surface area (Å²) in [5.41, 5.74) is 1.33. The van der Waals surface area contributed by atoms with Crippen molar-refractivity contribution >= 4 is 0 Å². The van der Waals surface area contributed by atoms with E-state index in [0.29, 0.717) is 6.04 Å². The van der Waals surface area contributed by atoms with E-state index in [9.17, 15) is 0 Å². The van der Waals surface area contributed by atoms with Gasteiger partial charge in [0.15, 0.2) is 0 Å². The van der Waals surface area contributed by atoms with Crippen LogP contribution in [0.4, 0.5) is 0 Å². The van der Waals surface area contributed by atoms with E-state index in [1.54, 1.807) is 0 Å². The molecule has 2 nitrogen and oxygen atoms in total. The summed E-state index contributed by atoms with van der Waals surface area (Å²) in [6.45, 7) is 9.63. The molecule has 2 atom stereocenters. The number of ether oxygens (including phenoxy) is 1. The number of aryl methyl sites for hydroxylation is 1. The molecule has 2 unspecified atom stereocenters. The van der Waals surface area contributed by atoms with Gasteiger partial charge in [0.2, 0.25) is 0 Å². The van der Waals surface area contributed by atoms with Crippen LogP contribution in [0.1, 0.15) is 46.1 Å². The van der Waals surface area contributed by atoms with Crippen LogP contribution in [0.2, 0.25) is 0 Å². The molecule has 0 heterocycles. The highest BCUT2D eigenvalue weighted by Gasteiger charge is 2.06. The average molecular weight is 249 g/mol. The van der Waals surface area contributed by atoms with E-state index < -0.39 is 0 Å². The smallest absolute Gasteiger partial charge is 0.120 e. The molecule has 0 fully saturated rings. The summed E-state index contributed by atoms with van der Waals surface area (Å²) in [4.78, 5) is 0. The molecule has 0 radical (unpaired) electrons. The van der Waals surface area contributed by atoms with Gasteiger partial charge in [0.1, 0.15) is 11.9 Å². The standard InChI is InChI=1S/C16H27NO/c1-5-8-13(3)17-12-14(4)18-16-10-7-9-15(6-2)11-16/h7,9-11,13-14,17H,5-6,8,12H2,1-4H3. The molecular formula is C16H27NO. The van der Waals surface area contributed by atoms with E-state index in [2.05, 4.69) is 51.2 Å². The summed E-state index contributed by atoms with van der Waals surface area (Å²) in [7, 11) is 0. The summed E-state index contributed by atoms with van der Waals surface area (Å²) in [6.07, 6.45) is 3.70. The van der Waals surface area contributed by atoms with Gasteiger partial charge in [-0.2, -0.15) is 0 Å². The molecule has 0 bridgehead atoms. The molecule has 0 aliphatic heterocycles. The fourth-order valence-electron chi connectivity index (χ4n) is 2.01. The van der Waals surface area contributed by atoms with E-state index >= 15 is 0 Å². The molecule has 2 heteroatoms. The Kier molecular flexibility index (Phi) is 6.81. The Bertz CT molecular complexity index is 338. The second-order valence-electron chi connectivity index (χ2n) is 5.03. The van der Waals surface area contributed by atoms with Crippen molar-refractivity contribution in [3.05, 3.63) is 29.8 Å². The molecule has 0 amide bonds. The molecule has 1 N–H and O–H groups in total. The quantitative estimate of drug-likeness (QED) is 0.756. The largest absolute Gasteiger partial charge is 0.489 e. The fraction of sp³-hybridized carbons (Fsp3) is 0.625. The van der Waals surface area contributed by atoms with Gasteiger partial charge in [0.25, 0.3) is 0 Å². The van der Waals surface area contributed by atoms with E-state index in [1.807, 2.05) is 6.07 Å². The molecule has 0 aliphatic carbocycles. The average Bonchev–Trinajstić information content (AvgIpc) is 2.37. The Balaban J connectivity index is 2.36. The monoisotopic (exact) mass is 249 g/mol. The number of nitrogens with one attached hydrogen (secondary N) is 1. The highest BCUT2D eigenvalue weighted by atomic mass is 16.5. The van der Waals surface area contributed by atoms with Crippen LogP contribution >= 0.6 is 0 Å². The topological polar surface area (TPSA) is 21.3 Å². The fourth-order valence-corrected chi connectivity index (χ4v) is 2.01. The summed E-state index contributed by atoms with van der Waals surface area (Å²) in [5.74, 6) is 0.979. The van der Waals surface area contributed by atoms with Crippen LogP contribution in [0, 0.1) is 0 Å². The van der Waals surface area contributed by atoms with Gasteiger partial charge >= 0.3 is 0 Å². The maximum atomic E-state index is 5.92. The second kappa shape index (κ2) is 8.15. The Hall–Kier alpha value is -1.02. The first-order valence-corrected chi connectivity index (χ1v) is 7.14. The molecule has 0 saturated carbocycles. The van der Waals surface area contributed by atoms with Gasteiger partial charge < -0.3 is 10.1 Å². The van der Waals surface area contributed by atoms with Crippen molar-refractivity contribution in [1.29, 1.82) is 0 Å². The zero-order chi connectivity index (χ0) is 13.4. The first-order chi connectivity index (χ1) is 8.65. The summed E-state index contributed by atoms with van der Waals surface area (Å²) in [6, 6.07) is 8.94. The Morgan fingerprint density at radius 2 is 2.00 bits per heavy atom. The van der Waals surface area contributed by atoms with Gasteiger partial charge in [0, 0.05) is 12.6 Å². The normalized spacial score (nSPS) is 14.2. The highest BCUT2D eigenvalue weighted by molar-refractivity contribution is 5.28. The zero-order valence-electron chi connectivity index (χ0n) is 12.2. The Morgan fingerprint density at radius 1 is 1.22 bits per heavy atom. The van der Waals surface area contributed by atoms with E-state index in [-0.39, 0.29) is 6.10 Å². The number of hydrogen-bond donors (Lipinski definition) is 1. The van der Waals surface area contributed by atoms with Crippen LogP contribution < -0.4 is 10.1 Å².